The molecule has 0 radical (unpaired) electrons. The normalized spacial score (nSPS) is 10.8. The quantitative estimate of drug-likeness (QED) is 0.763. The van der Waals surface area contributed by atoms with Gasteiger partial charge in [-0.05, 0) is 24.3 Å². The van der Waals surface area contributed by atoms with Gasteiger partial charge >= 0.3 is 5.97 Å². The number of carbonyl (C=O) groups is 1. The van der Waals surface area contributed by atoms with Gasteiger partial charge in [-0.15, -0.1) is 0 Å². The molecule has 2 aromatic carbocycles. The zero-order valence-electron chi connectivity index (χ0n) is 10.7. The minimum atomic E-state index is -1.13. The molecular weight excluding hydrogens is 293 g/mol. The number of aromatic nitrogens is 1. The molecule has 5 heteroatoms. The van der Waals surface area contributed by atoms with Gasteiger partial charge in [-0.2, -0.15) is 0 Å². The van der Waals surface area contributed by atoms with Crippen LogP contribution < -0.4 is 0 Å². The number of pyridine rings is 1. The monoisotopic (exact) mass is 301 g/mol. The molecular formula is C16H9ClFNO2. The summed E-state index contributed by atoms with van der Waals surface area (Å²) < 4.78 is 13.9. The van der Waals surface area contributed by atoms with Gasteiger partial charge in [0.05, 0.1) is 11.3 Å². The Morgan fingerprint density at radius 3 is 2.62 bits per heavy atom. The number of benzene rings is 2. The third-order valence-electron chi connectivity index (χ3n) is 3.14. The maximum atomic E-state index is 13.9. The lowest BCUT2D eigenvalue weighted by Crippen LogP contribution is -2.01. The Morgan fingerprint density at radius 2 is 1.90 bits per heavy atom. The van der Waals surface area contributed by atoms with Gasteiger partial charge in [-0.1, -0.05) is 35.9 Å². The molecule has 0 aliphatic carbocycles. The molecule has 0 fully saturated rings. The molecule has 0 amide bonds. The summed E-state index contributed by atoms with van der Waals surface area (Å²) in [4.78, 5) is 15.6. The lowest BCUT2D eigenvalue weighted by molar-refractivity contribution is 0.0699. The number of carboxylic acid groups (broad SMARTS) is 1. The first-order chi connectivity index (χ1) is 10.1. The van der Waals surface area contributed by atoms with E-state index in [0.29, 0.717) is 16.3 Å². The predicted molar refractivity (Wildman–Crippen MR) is 79.1 cm³/mol. The highest BCUT2D eigenvalue weighted by Crippen LogP contribution is 2.27. The minimum Gasteiger partial charge on any atom is -0.478 e. The molecule has 3 aromatic rings. The van der Waals surface area contributed by atoms with Crippen LogP contribution in [-0.2, 0) is 0 Å². The van der Waals surface area contributed by atoms with Crippen molar-refractivity contribution in [3.8, 4) is 11.3 Å². The van der Waals surface area contributed by atoms with Crippen LogP contribution in [0, 0.1) is 5.82 Å². The Labute approximate surface area is 124 Å². The summed E-state index contributed by atoms with van der Waals surface area (Å²) in [7, 11) is 0. The van der Waals surface area contributed by atoms with Crippen molar-refractivity contribution in [1.82, 2.24) is 4.98 Å². The van der Waals surface area contributed by atoms with Crippen LogP contribution in [0.2, 0.25) is 5.02 Å². The number of nitrogens with zero attached hydrogens (tertiary/aromatic N) is 1. The SMILES string of the molecule is O=C(O)c1cc(-c2cccc(Cl)c2)nc2c(F)cccc12. The molecule has 3 rings (SSSR count). The van der Waals surface area contributed by atoms with Crippen LogP contribution in [0.15, 0.2) is 48.5 Å². The topological polar surface area (TPSA) is 50.2 Å². The first-order valence-electron chi connectivity index (χ1n) is 6.15. The summed E-state index contributed by atoms with van der Waals surface area (Å²) in [6, 6.07) is 12.5. The maximum Gasteiger partial charge on any atom is 0.336 e. The summed E-state index contributed by atoms with van der Waals surface area (Å²) in [5, 5.41) is 10.1. The average Bonchev–Trinajstić information content (AvgIpc) is 2.46. The van der Waals surface area contributed by atoms with E-state index in [-0.39, 0.29) is 16.5 Å². The summed E-state index contributed by atoms with van der Waals surface area (Å²) in [6.07, 6.45) is 0. The second-order valence-electron chi connectivity index (χ2n) is 4.51. The number of aromatic carboxylic acids is 1. The van der Waals surface area contributed by atoms with E-state index < -0.39 is 11.8 Å². The zero-order chi connectivity index (χ0) is 15.0. The summed E-state index contributed by atoms with van der Waals surface area (Å²) >= 11 is 5.93. The second-order valence-corrected chi connectivity index (χ2v) is 4.94. The lowest BCUT2D eigenvalue weighted by atomic mass is 10.0. The highest BCUT2D eigenvalue weighted by Gasteiger charge is 2.15. The van der Waals surface area contributed by atoms with Gasteiger partial charge in [0.15, 0.2) is 0 Å². The van der Waals surface area contributed by atoms with Gasteiger partial charge in [0.2, 0.25) is 0 Å². The van der Waals surface area contributed by atoms with Crippen LogP contribution in [0.3, 0.4) is 0 Å². The summed E-state index contributed by atoms with van der Waals surface area (Å²) in [5.41, 5.74) is 1.05. The number of halogens is 2. The molecule has 0 saturated carbocycles. The van der Waals surface area contributed by atoms with Crippen molar-refractivity contribution in [2.75, 3.05) is 0 Å². The fourth-order valence-electron chi connectivity index (χ4n) is 2.19. The Hall–Kier alpha value is -2.46. The van der Waals surface area contributed by atoms with Gasteiger partial charge in [0, 0.05) is 16.0 Å². The van der Waals surface area contributed by atoms with Crippen molar-refractivity contribution in [2.24, 2.45) is 0 Å². The molecule has 0 atom stereocenters. The van der Waals surface area contributed by atoms with Gasteiger partial charge in [0.25, 0.3) is 0 Å². The number of carboxylic acids is 1. The number of hydrogen-bond donors (Lipinski definition) is 1. The molecule has 1 N–H and O–H groups in total. The predicted octanol–water partition coefficient (Wildman–Crippen LogP) is 4.39. The van der Waals surface area contributed by atoms with Crippen LogP contribution in [0.1, 0.15) is 10.4 Å². The summed E-state index contributed by atoms with van der Waals surface area (Å²) in [6.45, 7) is 0. The van der Waals surface area contributed by atoms with Crippen molar-refractivity contribution < 1.29 is 14.3 Å². The molecule has 0 bridgehead atoms. The molecule has 21 heavy (non-hydrogen) atoms. The minimum absolute atomic E-state index is 0.00877. The van der Waals surface area contributed by atoms with Crippen molar-refractivity contribution in [2.45, 2.75) is 0 Å². The second kappa shape index (κ2) is 5.14. The van der Waals surface area contributed by atoms with Crippen molar-refractivity contribution in [3.63, 3.8) is 0 Å². The molecule has 0 aliphatic heterocycles. The average molecular weight is 302 g/mol. The number of para-hydroxylation sites is 1. The number of fused-ring (bicyclic) bond motifs is 1. The van der Waals surface area contributed by atoms with E-state index in [1.54, 1.807) is 24.3 Å². The van der Waals surface area contributed by atoms with Crippen LogP contribution in [0.5, 0.6) is 0 Å². The molecule has 1 heterocycles. The molecule has 0 saturated heterocycles. The fourth-order valence-corrected chi connectivity index (χ4v) is 2.38. The smallest absolute Gasteiger partial charge is 0.336 e. The van der Waals surface area contributed by atoms with Crippen molar-refractivity contribution >= 4 is 28.5 Å². The van der Waals surface area contributed by atoms with E-state index in [2.05, 4.69) is 4.98 Å². The standard InChI is InChI=1S/C16H9ClFNO2/c17-10-4-1-3-9(7-10)14-8-12(16(20)21)11-5-2-6-13(18)15(11)19-14/h1-8H,(H,20,21). The largest absolute Gasteiger partial charge is 0.478 e. The van der Waals surface area contributed by atoms with Gasteiger partial charge < -0.3 is 5.11 Å². The maximum absolute atomic E-state index is 13.9. The Bertz CT molecular complexity index is 864. The van der Waals surface area contributed by atoms with Gasteiger partial charge in [0.1, 0.15) is 11.3 Å². The van der Waals surface area contributed by atoms with Crippen LogP contribution in [-0.4, -0.2) is 16.1 Å². The first-order valence-corrected chi connectivity index (χ1v) is 6.52. The Balaban J connectivity index is 2.35. The van der Waals surface area contributed by atoms with Crippen molar-refractivity contribution in [3.05, 3.63) is 64.9 Å². The fraction of sp³-hybridized carbons (Fsp3) is 0. The molecule has 3 nitrogen and oxygen atoms in total. The van der Waals surface area contributed by atoms with E-state index in [0.717, 1.165) is 0 Å². The highest BCUT2D eigenvalue weighted by atomic mass is 35.5. The van der Waals surface area contributed by atoms with E-state index >= 15 is 0 Å². The molecule has 0 unspecified atom stereocenters. The third-order valence-corrected chi connectivity index (χ3v) is 3.38. The number of rotatable bonds is 2. The molecule has 0 aliphatic rings. The van der Waals surface area contributed by atoms with E-state index in [9.17, 15) is 14.3 Å². The van der Waals surface area contributed by atoms with E-state index in [4.69, 9.17) is 11.6 Å². The Morgan fingerprint density at radius 1 is 1.14 bits per heavy atom. The summed E-state index contributed by atoms with van der Waals surface area (Å²) in [5.74, 6) is -1.69. The Kier molecular flexibility index (Phi) is 3.31. The molecule has 1 aromatic heterocycles. The van der Waals surface area contributed by atoms with Gasteiger partial charge in [-0.25, -0.2) is 14.2 Å². The van der Waals surface area contributed by atoms with Crippen molar-refractivity contribution in [1.29, 1.82) is 0 Å². The van der Waals surface area contributed by atoms with E-state index in [1.807, 2.05) is 0 Å². The lowest BCUT2D eigenvalue weighted by Gasteiger charge is -2.08. The highest BCUT2D eigenvalue weighted by molar-refractivity contribution is 6.30. The van der Waals surface area contributed by atoms with Crippen LogP contribution >= 0.6 is 11.6 Å². The van der Waals surface area contributed by atoms with Gasteiger partial charge in [-0.3, -0.25) is 0 Å². The zero-order valence-corrected chi connectivity index (χ0v) is 11.4. The first kappa shape index (κ1) is 13.5. The van der Waals surface area contributed by atoms with E-state index in [1.165, 1.54) is 24.3 Å². The molecule has 104 valence electrons. The number of hydrogen-bond acceptors (Lipinski definition) is 2. The van der Waals surface area contributed by atoms with Crippen LogP contribution in [0.4, 0.5) is 4.39 Å². The third kappa shape index (κ3) is 2.45. The van der Waals surface area contributed by atoms with Crippen LogP contribution in [0.25, 0.3) is 22.2 Å². The molecule has 0 spiro atoms.